The Bertz CT molecular complexity index is 1240. The molecule has 0 amide bonds. The molecule has 28 heavy (non-hydrogen) atoms. The largest absolute Gasteiger partial charge is 0.325 e. The van der Waals surface area contributed by atoms with Crippen LogP contribution in [0.5, 0.6) is 0 Å². The lowest BCUT2D eigenvalue weighted by Gasteiger charge is -2.27. The molecule has 4 aromatic rings. The fourth-order valence-corrected chi connectivity index (χ4v) is 3.83. The molecule has 1 atom stereocenters. The number of para-hydroxylation sites is 2. The van der Waals surface area contributed by atoms with E-state index in [-0.39, 0.29) is 11.9 Å². The Kier molecular flexibility index (Phi) is 3.79. The van der Waals surface area contributed by atoms with Gasteiger partial charge in [-0.2, -0.15) is 0 Å². The summed E-state index contributed by atoms with van der Waals surface area (Å²) in [6.07, 6.45) is 2.09. The minimum Gasteiger partial charge on any atom is -0.325 e. The van der Waals surface area contributed by atoms with Crippen LogP contribution in [-0.4, -0.2) is 9.55 Å². The summed E-state index contributed by atoms with van der Waals surface area (Å²) < 4.78 is 16.8. The summed E-state index contributed by atoms with van der Waals surface area (Å²) in [7, 11) is 0. The summed E-state index contributed by atoms with van der Waals surface area (Å²) in [5, 5.41) is 3.46. The molecule has 0 fully saturated rings. The SMILES string of the molecule is Cc1ccc(C2=CC(c3ccccc3F)n3c(nc4ccccc43)N2)cc1C. The van der Waals surface area contributed by atoms with Crippen LogP contribution in [0.15, 0.2) is 72.8 Å². The van der Waals surface area contributed by atoms with E-state index in [9.17, 15) is 4.39 Å². The highest BCUT2D eigenvalue weighted by molar-refractivity contribution is 5.85. The number of aryl methyl sites for hydroxylation is 2. The molecule has 138 valence electrons. The first-order valence-corrected chi connectivity index (χ1v) is 9.40. The summed E-state index contributed by atoms with van der Waals surface area (Å²) in [5.41, 5.74) is 6.99. The molecular formula is C24H20FN3. The summed E-state index contributed by atoms with van der Waals surface area (Å²) in [4.78, 5) is 4.76. The maximum absolute atomic E-state index is 14.7. The van der Waals surface area contributed by atoms with E-state index in [0.29, 0.717) is 5.56 Å². The van der Waals surface area contributed by atoms with Crippen molar-refractivity contribution in [2.75, 3.05) is 5.32 Å². The highest BCUT2D eigenvalue weighted by Gasteiger charge is 2.26. The van der Waals surface area contributed by atoms with Crippen LogP contribution in [0.4, 0.5) is 10.3 Å². The van der Waals surface area contributed by atoms with Gasteiger partial charge in [0.1, 0.15) is 5.82 Å². The molecule has 0 bridgehead atoms. The second kappa shape index (κ2) is 6.34. The van der Waals surface area contributed by atoms with Crippen molar-refractivity contribution in [3.63, 3.8) is 0 Å². The van der Waals surface area contributed by atoms with Crippen LogP contribution in [0, 0.1) is 19.7 Å². The van der Waals surface area contributed by atoms with Crippen molar-refractivity contribution in [2.24, 2.45) is 0 Å². The second-order valence-electron chi connectivity index (χ2n) is 7.26. The predicted molar refractivity (Wildman–Crippen MR) is 112 cm³/mol. The van der Waals surface area contributed by atoms with E-state index in [4.69, 9.17) is 4.98 Å². The zero-order valence-corrected chi connectivity index (χ0v) is 15.8. The topological polar surface area (TPSA) is 29.9 Å². The van der Waals surface area contributed by atoms with Crippen LogP contribution in [0.25, 0.3) is 16.7 Å². The molecular weight excluding hydrogens is 349 g/mol. The highest BCUT2D eigenvalue weighted by atomic mass is 19.1. The monoisotopic (exact) mass is 369 g/mol. The van der Waals surface area contributed by atoms with Gasteiger partial charge in [0.2, 0.25) is 5.95 Å². The molecule has 4 heteroatoms. The van der Waals surface area contributed by atoms with Crippen molar-refractivity contribution in [3.05, 3.63) is 101 Å². The smallest absolute Gasteiger partial charge is 0.209 e. The van der Waals surface area contributed by atoms with Gasteiger partial charge in [0.15, 0.2) is 0 Å². The number of allylic oxidation sites excluding steroid dienone is 1. The van der Waals surface area contributed by atoms with Crippen LogP contribution in [-0.2, 0) is 0 Å². The molecule has 0 spiro atoms. The van der Waals surface area contributed by atoms with Crippen molar-refractivity contribution in [1.29, 1.82) is 0 Å². The average Bonchev–Trinajstić information content (AvgIpc) is 3.08. The quantitative estimate of drug-likeness (QED) is 0.480. The average molecular weight is 369 g/mol. The van der Waals surface area contributed by atoms with E-state index in [1.807, 2.05) is 36.4 Å². The van der Waals surface area contributed by atoms with E-state index in [1.165, 1.54) is 17.2 Å². The molecule has 0 radical (unpaired) electrons. The lowest BCUT2D eigenvalue weighted by Crippen LogP contribution is -2.20. The van der Waals surface area contributed by atoms with Gasteiger partial charge in [0.05, 0.1) is 17.1 Å². The van der Waals surface area contributed by atoms with Crippen molar-refractivity contribution in [2.45, 2.75) is 19.9 Å². The fourth-order valence-electron chi connectivity index (χ4n) is 3.83. The van der Waals surface area contributed by atoms with Crippen molar-refractivity contribution < 1.29 is 4.39 Å². The van der Waals surface area contributed by atoms with Crippen LogP contribution in [0.1, 0.15) is 28.3 Å². The molecule has 3 nitrogen and oxygen atoms in total. The number of aromatic nitrogens is 2. The Morgan fingerprint density at radius 1 is 0.929 bits per heavy atom. The fraction of sp³-hybridized carbons (Fsp3) is 0.125. The number of nitrogens with zero attached hydrogens (tertiary/aromatic N) is 2. The number of imidazole rings is 1. The number of benzene rings is 3. The Hall–Kier alpha value is -3.40. The van der Waals surface area contributed by atoms with E-state index in [1.54, 1.807) is 6.07 Å². The Morgan fingerprint density at radius 2 is 1.71 bits per heavy atom. The first kappa shape index (κ1) is 16.8. The van der Waals surface area contributed by atoms with Gasteiger partial charge >= 0.3 is 0 Å². The molecule has 1 aliphatic rings. The summed E-state index contributed by atoms with van der Waals surface area (Å²) in [5.74, 6) is 0.513. The maximum atomic E-state index is 14.7. The van der Waals surface area contributed by atoms with Gasteiger partial charge in [-0.25, -0.2) is 9.37 Å². The third kappa shape index (κ3) is 2.61. The number of hydrogen-bond donors (Lipinski definition) is 1. The number of rotatable bonds is 2. The van der Waals surface area contributed by atoms with Crippen LogP contribution < -0.4 is 5.32 Å². The minimum atomic E-state index is -0.276. The van der Waals surface area contributed by atoms with Gasteiger partial charge in [0.25, 0.3) is 0 Å². The summed E-state index contributed by atoms with van der Waals surface area (Å²) in [6.45, 7) is 4.20. The zero-order valence-electron chi connectivity index (χ0n) is 15.8. The van der Waals surface area contributed by atoms with E-state index in [0.717, 1.165) is 28.2 Å². The van der Waals surface area contributed by atoms with Crippen molar-refractivity contribution in [3.8, 4) is 0 Å². The van der Waals surface area contributed by atoms with Gasteiger partial charge in [-0.15, -0.1) is 0 Å². The van der Waals surface area contributed by atoms with E-state index in [2.05, 4.69) is 48.0 Å². The normalized spacial score (nSPS) is 15.8. The molecule has 0 aliphatic carbocycles. The number of nitrogens with one attached hydrogen (secondary N) is 1. The highest BCUT2D eigenvalue weighted by Crippen LogP contribution is 2.37. The molecule has 3 aromatic carbocycles. The third-order valence-electron chi connectivity index (χ3n) is 5.49. The van der Waals surface area contributed by atoms with Crippen LogP contribution in [0.3, 0.4) is 0 Å². The lowest BCUT2D eigenvalue weighted by molar-refractivity contribution is 0.583. The number of fused-ring (bicyclic) bond motifs is 3. The second-order valence-corrected chi connectivity index (χ2v) is 7.26. The van der Waals surface area contributed by atoms with Gasteiger partial charge in [-0.3, -0.25) is 4.57 Å². The standard InChI is InChI=1S/C24H20FN3/c1-15-11-12-17(13-16(15)2)21-14-23(18-7-3-4-8-19(18)25)28-22-10-6-5-9-20(22)26-24(28)27-21/h3-14,23H,1-2H3,(H,26,27). The van der Waals surface area contributed by atoms with E-state index >= 15 is 0 Å². The first-order chi connectivity index (χ1) is 13.6. The molecule has 2 heterocycles. The third-order valence-corrected chi connectivity index (χ3v) is 5.49. The Morgan fingerprint density at radius 3 is 2.54 bits per heavy atom. The first-order valence-electron chi connectivity index (χ1n) is 9.40. The predicted octanol–water partition coefficient (Wildman–Crippen LogP) is 5.85. The summed E-state index contributed by atoms with van der Waals surface area (Å²) >= 11 is 0. The van der Waals surface area contributed by atoms with Crippen molar-refractivity contribution in [1.82, 2.24) is 9.55 Å². The molecule has 5 rings (SSSR count). The van der Waals surface area contributed by atoms with Crippen LogP contribution >= 0.6 is 0 Å². The lowest BCUT2D eigenvalue weighted by atomic mass is 9.98. The Labute approximate surface area is 163 Å². The molecule has 1 aliphatic heterocycles. The molecule has 1 unspecified atom stereocenters. The van der Waals surface area contributed by atoms with Gasteiger partial charge in [-0.05, 0) is 60.9 Å². The van der Waals surface area contributed by atoms with Gasteiger partial charge in [0, 0.05) is 11.3 Å². The maximum Gasteiger partial charge on any atom is 0.209 e. The van der Waals surface area contributed by atoms with Gasteiger partial charge in [-0.1, -0.05) is 42.5 Å². The zero-order chi connectivity index (χ0) is 19.3. The molecule has 1 N–H and O–H groups in total. The molecule has 1 aromatic heterocycles. The molecule has 0 saturated carbocycles. The molecule has 0 saturated heterocycles. The number of halogens is 1. The number of anilines is 1. The van der Waals surface area contributed by atoms with E-state index < -0.39 is 0 Å². The number of hydrogen-bond acceptors (Lipinski definition) is 2. The summed E-state index contributed by atoms with van der Waals surface area (Å²) in [6, 6.07) is 21.0. The van der Waals surface area contributed by atoms with Crippen LogP contribution in [0.2, 0.25) is 0 Å². The minimum absolute atomic E-state index is 0.214. The van der Waals surface area contributed by atoms with Gasteiger partial charge < -0.3 is 5.32 Å². The van der Waals surface area contributed by atoms with Crippen molar-refractivity contribution >= 4 is 22.7 Å². The Balaban J connectivity index is 1.74.